The molecule has 1 saturated heterocycles. The molecule has 1 aliphatic heterocycles. The summed E-state index contributed by atoms with van der Waals surface area (Å²) in [5.74, 6) is 0.870. The summed E-state index contributed by atoms with van der Waals surface area (Å²) in [6.45, 7) is 3.01. The second kappa shape index (κ2) is 12.7. The lowest BCUT2D eigenvalue weighted by Gasteiger charge is -2.33. The van der Waals surface area contributed by atoms with E-state index in [0.29, 0.717) is 6.04 Å². The van der Waals surface area contributed by atoms with Gasteiger partial charge in [-0.15, -0.1) is 35.3 Å². The molecule has 1 aromatic heterocycles. The fraction of sp³-hybridized carbons (Fsp3) is 0.476. The lowest BCUT2D eigenvalue weighted by molar-refractivity contribution is -0.384. The number of benzene rings is 1. The van der Waals surface area contributed by atoms with Crippen LogP contribution in [0.5, 0.6) is 0 Å². The van der Waals surface area contributed by atoms with E-state index in [4.69, 9.17) is 0 Å². The molecule has 164 valence electrons. The average molecular weight is 543 g/mol. The van der Waals surface area contributed by atoms with E-state index in [2.05, 4.69) is 38.0 Å². The highest BCUT2D eigenvalue weighted by atomic mass is 127. The van der Waals surface area contributed by atoms with E-state index in [1.807, 2.05) is 19.2 Å². The number of thiophene rings is 1. The van der Waals surface area contributed by atoms with Crippen LogP contribution >= 0.6 is 35.3 Å². The molecule has 0 radical (unpaired) electrons. The van der Waals surface area contributed by atoms with Crippen LogP contribution in [0.2, 0.25) is 0 Å². The SMILES string of the molecule is CN=C(NCCCCc1ccc([N+](=O)[O-])cc1)NC1CCN(c2cccs2)CC1.I. The van der Waals surface area contributed by atoms with Gasteiger partial charge in [-0.2, -0.15) is 0 Å². The van der Waals surface area contributed by atoms with E-state index in [-0.39, 0.29) is 34.6 Å². The lowest BCUT2D eigenvalue weighted by atomic mass is 10.1. The number of piperidine rings is 1. The van der Waals surface area contributed by atoms with E-state index in [9.17, 15) is 10.1 Å². The van der Waals surface area contributed by atoms with Crippen molar-refractivity contribution in [1.82, 2.24) is 10.6 Å². The normalized spacial score (nSPS) is 14.8. The number of nitrogens with one attached hydrogen (secondary N) is 2. The fourth-order valence-corrected chi connectivity index (χ4v) is 4.31. The molecule has 0 aliphatic carbocycles. The standard InChI is InChI=1S/C21H29N5O2S.HI/c1-22-21(24-18-11-14-25(15-12-18)20-6-4-16-29-20)23-13-3-2-5-17-7-9-19(10-8-17)26(27)28;/h4,6-10,16,18H,2-3,5,11-15H2,1H3,(H2,22,23,24);1H. The number of non-ortho nitro benzene ring substituents is 1. The minimum atomic E-state index is -0.363. The Morgan fingerprint density at radius 2 is 1.97 bits per heavy atom. The molecular weight excluding hydrogens is 513 g/mol. The van der Waals surface area contributed by atoms with Crippen molar-refractivity contribution in [1.29, 1.82) is 0 Å². The van der Waals surface area contributed by atoms with E-state index >= 15 is 0 Å². The van der Waals surface area contributed by atoms with Crippen LogP contribution < -0.4 is 15.5 Å². The highest BCUT2D eigenvalue weighted by molar-refractivity contribution is 14.0. The Balaban J connectivity index is 0.00000320. The van der Waals surface area contributed by atoms with Crippen LogP contribution in [0.3, 0.4) is 0 Å². The highest BCUT2D eigenvalue weighted by Gasteiger charge is 2.20. The molecule has 2 N–H and O–H groups in total. The van der Waals surface area contributed by atoms with Gasteiger partial charge < -0.3 is 15.5 Å². The maximum atomic E-state index is 10.7. The number of nitrogens with zero attached hydrogens (tertiary/aromatic N) is 3. The van der Waals surface area contributed by atoms with Gasteiger partial charge in [0.15, 0.2) is 5.96 Å². The maximum absolute atomic E-state index is 10.7. The molecule has 2 aromatic rings. The molecule has 7 nitrogen and oxygen atoms in total. The molecule has 2 heterocycles. The predicted octanol–water partition coefficient (Wildman–Crippen LogP) is 4.43. The summed E-state index contributed by atoms with van der Waals surface area (Å²) in [5.41, 5.74) is 1.28. The third kappa shape index (κ3) is 7.42. The Labute approximate surface area is 199 Å². The monoisotopic (exact) mass is 543 g/mol. The second-order valence-corrected chi connectivity index (χ2v) is 8.16. The molecule has 0 unspecified atom stereocenters. The van der Waals surface area contributed by atoms with Crippen LogP contribution in [0.15, 0.2) is 46.8 Å². The van der Waals surface area contributed by atoms with Gasteiger partial charge in [-0.25, -0.2) is 0 Å². The van der Waals surface area contributed by atoms with Gasteiger partial charge in [-0.1, -0.05) is 12.1 Å². The summed E-state index contributed by atoms with van der Waals surface area (Å²) in [6, 6.07) is 11.6. The van der Waals surface area contributed by atoms with Crippen LogP contribution in [0.25, 0.3) is 0 Å². The number of hydrogen-bond acceptors (Lipinski definition) is 5. The first-order valence-electron chi connectivity index (χ1n) is 10.1. The van der Waals surface area contributed by atoms with Crippen molar-refractivity contribution in [3.05, 3.63) is 57.5 Å². The summed E-state index contributed by atoms with van der Waals surface area (Å²) >= 11 is 1.80. The topological polar surface area (TPSA) is 82.8 Å². The number of halogens is 1. The molecule has 0 spiro atoms. The minimum absolute atomic E-state index is 0. The smallest absolute Gasteiger partial charge is 0.269 e. The quantitative estimate of drug-likeness (QED) is 0.129. The molecule has 1 aromatic carbocycles. The summed E-state index contributed by atoms with van der Waals surface area (Å²) in [6.07, 6.45) is 5.19. The summed E-state index contributed by atoms with van der Waals surface area (Å²) < 4.78 is 0. The predicted molar refractivity (Wildman–Crippen MR) is 136 cm³/mol. The third-order valence-corrected chi connectivity index (χ3v) is 6.14. The van der Waals surface area contributed by atoms with Crippen LogP contribution in [-0.2, 0) is 6.42 Å². The summed E-state index contributed by atoms with van der Waals surface area (Å²) in [7, 11) is 1.81. The Bertz CT molecular complexity index is 790. The molecule has 0 saturated carbocycles. The molecule has 30 heavy (non-hydrogen) atoms. The van der Waals surface area contributed by atoms with Crippen molar-refractivity contribution in [2.24, 2.45) is 4.99 Å². The van der Waals surface area contributed by atoms with Crippen molar-refractivity contribution in [2.45, 2.75) is 38.1 Å². The number of nitro benzene ring substituents is 1. The molecule has 0 atom stereocenters. The molecule has 0 bridgehead atoms. The van der Waals surface area contributed by atoms with Crippen LogP contribution in [0, 0.1) is 10.1 Å². The second-order valence-electron chi connectivity index (χ2n) is 7.24. The van der Waals surface area contributed by atoms with Gasteiger partial charge in [0.1, 0.15) is 0 Å². The third-order valence-electron chi connectivity index (χ3n) is 5.21. The van der Waals surface area contributed by atoms with Crippen LogP contribution in [0.1, 0.15) is 31.2 Å². The van der Waals surface area contributed by atoms with E-state index < -0.39 is 0 Å². The molecule has 3 rings (SSSR count). The van der Waals surface area contributed by atoms with Crippen LogP contribution in [0.4, 0.5) is 10.7 Å². The molecule has 0 amide bonds. The summed E-state index contributed by atoms with van der Waals surface area (Å²) in [4.78, 5) is 17.1. The fourth-order valence-electron chi connectivity index (χ4n) is 3.53. The van der Waals surface area contributed by atoms with Gasteiger partial charge in [-0.05, 0) is 55.2 Å². The van der Waals surface area contributed by atoms with Crippen molar-refractivity contribution in [3.63, 3.8) is 0 Å². The zero-order valence-corrected chi connectivity index (χ0v) is 20.4. The van der Waals surface area contributed by atoms with E-state index in [1.165, 1.54) is 5.00 Å². The first-order chi connectivity index (χ1) is 14.2. The number of anilines is 1. The Morgan fingerprint density at radius 3 is 2.57 bits per heavy atom. The maximum Gasteiger partial charge on any atom is 0.269 e. The zero-order valence-electron chi connectivity index (χ0n) is 17.3. The minimum Gasteiger partial charge on any atom is -0.363 e. The van der Waals surface area contributed by atoms with E-state index in [1.54, 1.807) is 23.5 Å². The highest BCUT2D eigenvalue weighted by Crippen LogP contribution is 2.24. The zero-order chi connectivity index (χ0) is 20.5. The molecular formula is C21H30IN5O2S. The van der Waals surface area contributed by atoms with Gasteiger partial charge in [-0.3, -0.25) is 15.1 Å². The van der Waals surface area contributed by atoms with Gasteiger partial charge in [0.2, 0.25) is 0 Å². The number of aryl methyl sites for hydroxylation is 1. The largest absolute Gasteiger partial charge is 0.363 e. The molecule has 1 aliphatic rings. The summed E-state index contributed by atoms with van der Waals surface area (Å²) in [5, 5.41) is 21.1. The Morgan fingerprint density at radius 1 is 1.23 bits per heavy atom. The van der Waals surface area contributed by atoms with Crippen molar-refractivity contribution in [3.8, 4) is 0 Å². The van der Waals surface area contributed by atoms with Gasteiger partial charge in [0.25, 0.3) is 5.69 Å². The van der Waals surface area contributed by atoms with Crippen molar-refractivity contribution < 1.29 is 4.92 Å². The number of guanidine groups is 1. The van der Waals surface area contributed by atoms with Gasteiger partial charge in [0, 0.05) is 44.9 Å². The first kappa shape index (κ1) is 24.4. The van der Waals surface area contributed by atoms with Crippen molar-refractivity contribution >= 4 is 52.0 Å². The number of hydrogen-bond donors (Lipinski definition) is 2. The molecule has 9 heteroatoms. The number of unbranched alkanes of at least 4 members (excludes halogenated alkanes) is 1. The first-order valence-corrected chi connectivity index (χ1v) is 11.0. The van der Waals surface area contributed by atoms with Crippen molar-refractivity contribution in [2.75, 3.05) is 31.6 Å². The lowest BCUT2D eigenvalue weighted by Crippen LogP contribution is -2.48. The van der Waals surface area contributed by atoms with Crippen LogP contribution in [-0.4, -0.2) is 43.6 Å². The van der Waals surface area contributed by atoms with E-state index in [0.717, 1.165) is 63.3 Å². The molecule has 1 fully saturated rings. The Kier molecular flexibility index (Phi) is 10.4. The number of nitro groups is 1. The van der Waals surface area contributed by atoms with Gasteiger partial charge in [0.05, 0.1) is 9.92 Å². The number of aliphatic imine (C=N–C) groups is 1. The number of rotatable bonds is 8. The average Bonchev–Trinajstić information content (AvgIpc) is 3.28. The Hall–Kier alpha value is -1.88. The van der Waals surface area contributed by atoms with Gasteiger partial charge >= 0.3 is 0 Å².